The molecular formula is C33H35Br2N3O6. The number of hydrogen-bond donors (Lipinski definition) is 0. The highest BCUT2D eigenvalue weighted by Gasteiger charge is 2.21. The lowest BCUT2D eigenvalue weighted by atomic mass is 9.96. The topological polar surface area (TPSA) is 101 Å². The fourth-order valence-electron chi connectivity index (χ4n) is 4.63. The smallest absolute Gasteiger partial charge is 0.344 e. The number of esters is 1. The molecule has 1 aromatic heterocycles. The van der Waals surface area contributed by atoms with Gasteiger partial charge < -0.3 is 18.9 Å². The summed E-state index contributed by atoms with van der Waals surface area (Å²) in [7, 11) is 0. The summed E-state index contributed by atoms with van der Waals surface area (Å²) >= 11 is 7.16. The first-order valence-corrected chi connectivity index (χ1v) is 16.0. The second-order valence-electron chi connectivity index (χ2n) is 10.1. The lowest BCUT2D eigenvalue weighted by Gasteiger charge is -2.18. The van der Waals surface area contributed by atoms with Gasteiger partial charge in [0.1, 0.15) is 5.75 Å². The molecule has 9 nitrogen and oxygen atoms in total. The Bertz CT molecular complexity index is 1770. The quantitative estimate of drug-likeness (QED) is 0.109. The summed E-state index contributed by atoms with van der Waals surface area (Å²) < 4.78 is 24.9. The zero-order valence-electron chi connectivity index (χ0n) is 25.6. The van der Waals surface area contributed by atoms with Crippen molar-refractivity contribution in [3.05, 3.63) is 78.5 Å². The number of para-hydroxylation sites is 1. The van der Waals surface area contributed by atoms with Gasteiger partial charge in [-0.3, -0.25) is 4.79 Å². The highest BCUT2D eigenvalue weighted by Crippen LogP contribution is 2.42. The molecule has 1 heterocycles. The Morgan fingerprint density at radius 1 is 0.977 bits per heavy atom. The van der Waals surface area contributed by atoms with Crippen molar-refractivity contribution in [3.8, 4) is 28.6 Å². The normalized spacial score (nSPS) is 11.4. The van der Waals surface area contributed by atoms with Crippen LogP contribution in [0.15, 0.2) is 61.3 Å². The summed E-state index contributed by atoms with van der Waals surface area (Å²) in [4.78, 5) is 30.7. The molecule has 0 atom stereocenters. The molecule has 4 aromatic rings. The number of carbonyl (C=O) groups is 1. The molecule has 11 heteroatoms. The van der Waals surface area contributed by atoms with Crippen LogP contribution in [0.1, 0.15) is 57.2 Å². The van der Waals surface area contributed by atoms with Gasteiger partial charge in [0.15, 0.2) is 23.9 Å². The minimum atomic E-state index is -0.496. The third-order valence-corrected chi connectivity index (χ3v) is 8.82. The van der Waals surface area contributed by atoms with Gasteiger partial charge in [-0.25, -0.2) is 9.78 Å². The number of rotatable bonds is 12. The minimum Gasteiger partial charge on any atom is -0.494 e. The molecule has 0 radical (unpaired) electrons. The minimum absolute atomic E-state index is 0.176. The molecule has 0 N–H and O–H groups in total. The highest BCUT2D eigenvalue weighted by molar-refractivity contribution is 9.13. The van der Waals surface area contributed by atoms with E-state index in [0.29, 0.717) is 55.9 Å². The summed E-state index contributed by atoms with van der Waals surface area (Å²) in [6.45, 7) is 12.6. The van der Waals surface area contributed by atoms with Crippen LogP contribution in [0, 0.1) is 6.92 Å². The SMILES string of the molecule is CCOC(=O)COc1c(OCC)cc(C=Nn2c(-c3cc(C(C)C)c(OCC)cc3C)nc3ccccc3c2=O)c(Br)c1Br. The van der Waals surface area contributed by atoms with Gasteiger partial charge in [0.25, 0.3) is 5.56 Å². The Morgan fingerprint density at radius 2 is 1.68 bits per heavy atom. The van der Waals surface area contributed by atoms with Crippen LogP contribution >= 0.6 is 31.9 Å². The van der Waals surface area contributed by atoms with Crippen LogP contribution in [0.5, 0.6) is 17.2 Å². The first kappa shape index (κ1) is 33.2. The largest absolute Gasteiger partial charge is 0.494 e. The van der Waals surface area contributed by atoms with E-state index in [1.807, 2.05) is 45.0 Å². The number of carbonyl (C=O) groups excluding carboxylic acids is 1. The van der Waals surface area contributed by atoms with Crippen molar-refractivity contribution in [1.29, 1.82) is 0 Å². The number of aromatic nitrogens is 2. The molecule has 0 saturated carbocycles. The van der Waals surface area contributed by atoms with Crippen LogP contribution in [0.2, 0.25) is 0 Å². The molecule has 232 valence electrons. The molecule has 0 aliphatic heterocycles. The Kier molecular flexibility index (Phi) is 11.2. The van der Waals surface area contributed by atoms with Crippen molar-refractivity contribution in [2.24, 2.45) is 5.10 Å². The molecule has 0 fully saturated rings. The van der Waals surface area contributed by atoms with Crippen LogP contribution in [0.3, 0.4) is 0 Å². The number of halogens is 2. The van der Waals surface area contributed by atoms with Crippen molar-refractivity contribution in [2.75, 3.05) is 26.4 Å². The second-order valence-corrected chi connectivity index (χ2v) is 11.6. The Labute approximate surface area is 273 Å². The fourth-order valence-corrected chi connectivity index (χ4v) is 5.56. The summed E-state index contributed by atoms with van der Waals surface area (Å²) in [5.41, 5.74) is 3.54. The number of ether oxygens (including phenoxy) is 4. The van der Waals surface area contributed by atoms with Gasteiger partial charge in [0.05, 0.1) is 41.4 Å². The van der Waals surface area contributed by atoms with E-state index in [2.05, 4.69) is 50.8 Å². The Balaban J connectivity index is 1.89. The predicted octanol–water partition coefficient (Wildman–Crippen LogP) is 7.64. The second kappa shape index (κ2) is 14.9. The van der Waals surface area contributed by atoms with E-state index >= 15 is 0 Å². The van der Waals surface area contributed by atoms with E-state index in [0.717, 1.165) is 22.4 Å². The lowest BCUT2D eigenvalue weighted by Crippen LogP contribution is -2.21. The lowest BCUT2D eigenvalue weighted by molar-refractivity contribution is -0.145. The highest BCUT2D eigenvalue weighted by atomic mass is 79.9. The molecule has 3 aromatic carbocycles. The number of fused-ring (bicyclic) bond motifs is 1. The summed E-state index contributed by atoms with van der Waals surface area (Å²) in [6, 6.07) is 12.9. The molecule has 0 saturated heterocycles. The van der Waals surface area contributed by atoms with E-state index in [1.54, 1.807) is 31.3 Å². The van der Waals surface area contributed by atoms with E-state index in [1.165, 1.54) is 4.68 Å². The first-order valence-electron chi connectivity index (χ1n) is 14.4. The van der Waals surface area contributed by atoms with Gasteiger partial charge in [-0.1, -0.05) is 26.0 Å². The maximum atomic E-state index is 13.9. The van der Waals surface area contributed by atoms with E-state index in [4.69, 9.17) is 23.9 Å². The zero-order chi connectivity index (χ0) is 32.0. The molecule has 0 bridgehead atoms. The van der Waals surface area contributed by atoms with Crippen LogP contribution in [-0.4, -0.2) is 48.3 Å². The van der Waals surface area contributed by atoms with E-state index < -0.39 is 5.97 Å². The number of nitrogens with zero attached hydrogens (tertiary/aromatic N) is 3. The van der Waals surface area contributed by atoms with Crippen molar-refractivity contribution in [2.45, 2.75) is 47.5 Å². The van der Waals surface area contributed by atoms with Crippen LogP contribution in [0.4, 0.5) is 0 Å². The third-order valence-electron chi connectivity index (χ3n) is 6.68. The maximum Gasteiger partial charge on any atom is 0.344 e. The van der Waals surface area contributed by atoms with Crippen molar-refractivity contribution < 1.29 is 23.7 Å². The predicted molar refractivity (Wildman–Crippen MR) is 180 cm³/mol. The van der Waals surface area contributed by atoms with Crippen molar-refractivity contribution >= 4 is 54.9 Å². The average Bonchev–Trinajstić information content (AvgIpc) is 2.99. The Hall–Kier alpha value is -3.70. The molecule has 0 amide bonds. The first-order chi connectivity index (χ1) is 21.1. The van der Waals surface area contributed by atoms with Gasteiger partial charge in [-0.15, -0.1) is 0 Å². The molecule has 44 heavy (non-hydrogen) atoms. The summed E-state index contributed by atoms with van der Waals surface area (Å²) in [5.74, 6) is 1.62. The number of hydrogen-bond acceptors (Lipinski definition) is 8. The zero-order valence-corrected chi connectivity index (χ0v) is 28.7. The van der Waals surface area contributed by atoms with Gasteiger partial charge in [-0.2, -0.15) is 9.78 Å². The van der Waals surface area contributed by atoms with Crippen LogP contribution < -0.4 is 19.8 Å². The molecule has 0 unspecified atom stereocenters. The fraction of sp³-hybridized carbons (Fsp3) is 0.333. The van der Waals surface area contributed by atoms with Crippen molar-refractivity contribution in [1.82, 2.24) is 9.66 Å². The summed E-state index contributed by atoms with van der Waals surface area (Å²) in [5, 5.41) is 5.12. The third kappa shape index (κ3) is 7.15. The van der Waals surface area contributed by atoms with E-state index in [9.17, 15) is 9.59 Å². The molecule has 0 aliphatic carbocycles. The monoisotopic (exact) mass is 727 g/mol. The molecule has 0 aliphatic rings. The maximum absolute atomic E-state index is 13.9. The van der Waals surface area contributed by atoms with Crippen LogP contribution in [0.25, 0.3) is 22.3 Å². The Morgan fingerprint density at radius 3 is 2.36 bits per heavy atom. The van der Waals surface area contributed by atoms with Crippen molar-refractivity contribution in [3.63, 3.8) is 0 Å². The van der Waals surface area contributed by atoms with Gasteiger partial charge >= 0.3 is 5.97 Å². The van der Waals surface area contributed by atoms with E-state index in [-0.39, 0.29) is 24.7 Å². The van der Waals surface area contributed by atoms with Gasteiger partial charge in [0.2, 0.25) is 0 Å². The van der Waals surface area contributed by atoms with Crippen LogP contribution in [-0.2, 0) is 9.53 Å². The molecule has 4 rings (SSSR count). The van der Waals surface area contributed by atoms with Gasteiger partial charge in [0, 0.05) is 15.6 Å². The summed E-state index contributed by atoms with van der Waals surface area (Å²) in [6.07, 6.45) is 1.56. The average molecular weight is 729 g/mol. The molecule has 0 spiro atoms. The standard InChI is InChI=1S/C33H35Br2N3O6/c1-7-41-26-14-20(6)24(16-23(26)19(4)5)32-37-25-13-11-10-12-22(25)33(40)38(32)36-17-21-15-27(42-8-2)31(30(35)29(21)34)44-18-28(39)43-9-3/h10-17,19H,7-9,18H2,1-6H3. The number of aryl methyl sites for hydroxylation is 1. The molecular weight excluding hydrogens is 694 g/mol. The number of benzene rings is 3. The van der Waals surface area contributed by atoms with Gasteiger partial charge in [-0.05, 0) is 107 Å².